The van der Waals surface area contributed by atoms with Crippen LogP contribution in [0.4, 0.5) is 0 Å². The topological polar surface area (TPSA) is 79.4 Å². The van der Waals surface area contributed by atoms with Crippen LogP contribution in [0.15, 0.2) is 5.16 Å². The molecule has 1 rings (SSSR count). The van der Waals surface area contributed by atoms with Gasteiger partial charge in [0.25, 0.3) is 0 Å². The molecule has 0 amide bonds. The molecule has 1 aromatic rings. The number of thioether (sulfide) groups is 1. The molecule has 16 heavy (non-hydrogen) atoms. The van der Waals surface area contributed by atoms with Crippen molar-refractivity contribution in [2.45, 2.75) is 31.0 Å². The van der Waals surface area contributed by atoms with Gasteiger partial charge in [0.1, 0.15) is 5.54 Å². The first-order valence-corrected chi connectivity index (χ1v) is 6.11. The van der Waals surface area contributed by atoms with Crippen molar-refractivity contribution in [3.8, 4) is 6.07 Å². The number of hydrogen-bond donors (Lipinski definition) is 1. The monoisotopic (exact) mass is 240 g/mol. The van der Waals surface area contributed by atoms with Gasteiger partial charge in [-0.05, 0) is 30.3 Å². The van der Waals surface area contributed by atoms with Gasteiger partial charge in [0.2, 0.25) is 5.16 Å². The third-order valence-electron chi connectivity index (χ3n) is 2.08. The first-order chi connectivity index (χ1) is 7.61. The van der Waals surface area contributed by atoms with E-state index in [1.165, 1.54) is 11.8 Å². The zero-order valence-electron chi connectivity index (χ0n) is 9.77. The fourth-order valence-electron chi connectivity index (χ4n) is 1.08. The van der Waals surface area contributed by atoms with Crippen LogP contribution in [0.3, 0.4) is 0 Å². The van der Waals surface area contributed by atoms with Gasteiger partial charge < -0.3 is 0 Å². The molecular weight excluding hydrogens is 224 g/mol. The maximum atomic E-state index is 9.13. The van der Waals surface area contributed by atoms with Crippen molar-refractivity contribution in [2.24, 2.45) is 7.05 Å². The second-order valence-electron chi connectivity index (χ2n) is 3.74. The van der Waals surface area contributed by atoms with E-state index in [0.29, 0.717) is 5.75 Å². The highest BCUT2D eigenvalue weighted by molar-refractivity contribution is 7.99. The lowest BCUT2D eigenvalue weighted by Crippen LogP contribution is -2.43. The molecule has 0 radical (unpaired) electrons. The molecule has 6 nitrogen and oxygen atoms in total. The molecule has 0 fully saturated rings. The average Bonchev–Trinajstić information content (AvgIpc) is 2.70. The van der Waals surface area contributed by atoms with E-state index in [4.69, 9.17) is 5.26 Å². The van der Waals surface area contributed by atoms with Crippen molar-refractivity contribution < 1.29 is 0 Å². The normalized spacial score (nSPS) is 14.4. The highest BCUT2D eigenvalue weighted by atomic mass is 32.2. The molecule has 88 valence electrons. The molecule has 0 spiro atoms. The number of aryl methyl sites for hydroxylation is 1. The summed E-state index contributed by atoms with van der Waals surface area (Å²) in [6.07, 6.45) is 1.01. The molecule has 1 aromatic heterocycles. The van der Waals surface area contributed by atoms with E-state index in [0.717, 1.165) is 18.1 Å². The number of nitrogens with one attached hydrogen (secondary N) is 1. The van der Waals surface area contributed by atoms with E-state index in [1.807, 2.05) is 6.92 Å². The minimum absolute atomic E-state index is 0.535. The van der Waals surface area contributed by atoms with Gasteiger partial charge in [-0.1, -0.05) is 18.7 Å². The van der Waals surface area contributed by atoms with E-state index >= 15 is 0 Å². The Morgan fingerprint density at radius 3 is 2.88 bits per heavy atom. The molecule has 0 aliphatic heterocycles. The Kier molecular flexibility index (Phi) is 4.71. The molecule has 0 aliphatic rings. The Morgan fingerprint density at radius 2 is 2.38 bits per heavy atom. The van der Waals surface area contributed by atoms with Crippen LogP contribution in [0.2, 0.25) is 0 Å². The summed E-state index contributed by atoms with van der Waals surface area (Å²) in [7, 11) is 1.78. The Labute approximate surface area is 99.4 Å². The van der Waals surface area contributed by atoms with Gasteiger partial charge in [-0.2, -0.15) is 5.26 Å². The molecule has 0 saturated heterocycles. The van der Waals surface area contributed by atoms with Crippen LogP contribution in [0.25, 0.3) is 0 Å². The Morgan fingerprint density at radius 1 is 1.62 bits per heavy atom. The maximum Gasteiger partial charge on any atom is 0.209 e. The lowest BCUT2D eigenvalue weighted by atomic mass is 10.1. The van der Waals surface area contributed by atoms with E-state index in [9.17, 15) is 0 Å². The van der Waals surface area contributed by atoms with Crippen molar-refractivity contribution in [1.82, 2.24) is 25.5 Å². The van der Waals surface area contributed by atoms with Crippen LogP contribution < -0.4 is 5.32 Å². The molecule has 0 saturated carbocycles. The summed E-state index contributed by atoms with van der Waals surface area (Å²) < 4.78 is 1.60. The molecule has 1 atom stereocenters. The molecule has 7 heteroatoms. The van der Waals surface area contributed by atoms with Crippen LogP contribution in [0.5, 0.6) is 0 Å². The minimum Gasteiger partial charge on any atom is -0.299 e. The van der Waals surface area contributed by atoms with Gasteiger partial charge in [0.05, 0.1) is 6.07 Å². The number of tetrazole rings is 1. The second kappa shape index (κ2) is 5.82. The van der Waals surface area contributed by atoms with Crippen molar-refractivity contribution in [1.29, 1.82) is 5.26 Å². The highest BCUT2D eigenvalue weighted by Gasteiger charge is 2.23. The second-order valence-corrected chi connectivity index (χ2v) is 4.69. The third kappa shape index (κ3) is 3.47. The molecule has 0 aromatic carbocycles. The Hall–Kier alpha value is -1.13. The fourth-order valence-corrected chi connectivity index (χ4v) is 1.98. The van der Waals surface area contributed by atoms with E-state index in [2.05, 4.69) is 33.8 Å². The van der Waals surface area contributed by atoms with Gasteiger partial charge >= 0.3 is 0 Å². The summed E-state index contributed by atoms with van der Waals surface area (Å²) in [5, 5.41) is 24.2. The largest absolute Gasteiger partial charge is 0.299 e. The van der Waals surface area contributed by atoms with Gasteiger partial charge in [-0.25, -0.2) is 4.68 Å². The number of hydrogen-bond acceptors (Lipinski definition) is 6. The smallest absolute Gasteiger partial charge is 0.209 e. The highest BCUT2D eigenvalue weighted by Crippen LogP contribution is 2.18. The van der Waals surface area contributed by atoms with Gasteiger partial charge in [0.15, 0.2) is 0 Å². The minimum atomic E-state index is -0.535. The summed E-state index contributed by atoms with van der Waals surface area (Å²) in [5.74, 6) is 0.623. The van der Waals surface area contributed by atoms with Crippen LogP contribution in [-0.2, 0) is 7.05 Å². The summed E-state index contributed by atoms with van der Waals surface area (Å²) in [6.45, 7) is 4.80. The van der Waals surface area contributed by atoms with E-state index < -0.39 is 5.54 Å². The lowest BCUT2D eigenvalue weighted by molar-refractivity contribution is 0.493. The predicted octanol–water partition coefficient (Wildman–Crippen LogP) is 0.584. The first-order valence-electron chi connectivity index (χ1n) is 5.13. The molecule has 1 unspecified atom stereocenters. The van der Waals surface area contributed by atoms with Gasteiger partial charge in [-0.3, -0.25) is 5.32 Å². The number of nitriles is 1. The van der Waals surface area contributed by atoms with E-state index in [-0.39, 0.29) is 0 Å². The SMILES string of the molecule is CCCNC(C)(C#N)CSc1nnnn1C. The zero-order valence-corrected chi connectivity index (χ0v) is 10.6. The van der Waals surface area contributed by atoms with Crippen molar-refractivity contribution >= 4 is 11.8 Å². The average molecular weight is 240 g/mol. The standard InChI is InChI=1S/C9H16N6S/c1-4-5-11-9(2,6-10)7-16-8-12-13-14-15(8)3/h11H,4-5,7H2,1-3H3. The van der Waals surface area contributed by atoms with Gasteiger partial charge in [0, 0.05) is 12.8 Å². The summed E-state index contributed by atoms with van der Waals surface area (Å²) >= 11 is 1.48. The van der Waals surface area contributed by atoms with Crippen LogP contribution in [0, 0.1) is 11.3 Å². The molecule has 0 aliphatic carbocycles. The van der Waals surface area contributed by atoms with Crippen LogP contribution >= 0.6 is 11.8 Å². The molecular formula is C9H16N6S. The first kappa shape index (κ1) is 12.9. The summed E-state index contributed by atoms with van der Waals surface area (Å²) in [6, 6.07) is 2.29. The Bertz CT molecular complexity index is 370. The molecule has 1 heterocycles. The number of rotatable bonds is 6. The van der Waals surface area contributed by atoms with Crippen molar-refractivity contribution in [3.05, 3.63) is 0 Å². The number of aromatic nitrogens is 4. The van der Waals surface area contributed by atoms with Crippen molar-refractivity contribution in [3.63, 3.8) is 0 Å². The molecule has 1 N–H and O–H groups in total. The molecule has 0 bridgehead atoms. The zero-order chi connectivity index (χ0) is 12.0. The maximum absolute atomic E-state index is 9.13. The quantitative estimate of drug-likeness (QED) is 0.733. The lowest BCUT2D eigenvalue weighted by Gasteiger charge is -2.21. The van der Waals surface area contributed by atoms with Crippen LogP contribution in [-0.4, -0.2) is 38.0 Å². The number of nitrogens with zero attached hydrogens (tertiary/aromatic N) is 5. The Balaban J connectivity index is 2.52. The van der Waals surface area contributed by atoms with Gasteiger partial charge in [-0.15, -0.1) is 5.10 Å². The summed E-state index contributed by atoms with van der Waals surface area (Å²) in [4.78, 5) is 0. The van der Waals surface area contributed by atoms with Crippen molar-refractivity contribution in [2.75, 3.05) is 12.3 Å². The van der Waals surface area contributed by atoms with Crippen LogP contribution in [0.1, 0.15) is 20.3 Å². The third-order valence-corrected chi connectivity index (χ3v) is 3.41. The van der Waals surface area contributed by atoms with E-state index in [1.54, 1.807) is 11.7 Å². The summed E-state index contributed by atoms with van der Waals surface area (Å²) in [5.41, 5.74) is -0.535. The predicted molar refractivity (Wildman–Crippen MR) is 61.8 cm³/mol. The fraction of sp³-hybridized carbons (Fsp3) is 0.778.